The summed E-state index contributed by atoms with van der Waals surface area (Å²) < 4.78 is 0. The van der Waals surface area contributed by atoms with Crippen LogP contribution in [0.25, 0.3) is 0 Å². The molecule has 120 valence electrons. The van der Waals surface area contributed by atoms with Crippen molar-refractivity contribution in [2.45, 2.75) is 50.6 Å². The van der Waals surface area contributed by atoms with Gasteiger partial charge in [0.15, 0.2) is 0 Å². The minimum atomic E-state index is -0.790. The van der Waals surface area contributed by atoms with Crippen molar-refractivity contribution >= 4 is 29.0 Å². The molecule has 6 heteroatoms. The van der Waals surface area contributed by atoms with Crippen LogP contribution in [-0.4, -0.2) is 38.3 Å². The molecule has 1 aromatic carbocycles. The summed E-state index contributed by atoms with van der Waals surface area (Å²) in [6.07, 6.45) is 0.513. The fraction of sp³-hybridized carbons (Fsp3) is 0.500. The van der Waals surface area contributed by atoms with Gasteiger partial charge in [0.25, 0.3) is 0 Å². The third kappa shape index (κ3) is 2.90. The Morgan fingerprint density at radius 3 is 2.45 bits per heavy atom. The van der Waals surface area contributed by atoms with Crippen molar-refractivity contribution in [2.24, 2.45) is 5.16 Å². The van der Waals surface area contributed by atoms with E-state index < -0.39 is 16.5 Å². The summed E-state index contributed by atoms with van der Waals surface area (Å²) in [6.45, 7) is 7.59. The number of halogens is 1. The standard InChI is InChI=1S/C16H22ClN3O2/c1-15(2)10-12(17)13(19-22)16(3,4)20(15)14(21)18-11-8-6-5-7-9-11/h5-9,12,22H,10H2,1-4H3,(H,18,21). The van der Waals surface area contributed by atoms with Gasteiger partial charge in [0.2, 0.25) is 0 Å². The number of hydrogen-bond donors (Lipinski definition) is 2. The fourth-order valence-corrected chi connectivity index (χ4v) is 3.98. The Labute approximate surface area is 135 Å². The van der Waals surface area contributed by atoms with Gasteiger partial charge in [-0.25, -0.2) is 4.79 Å². The number of piperidine rings is 1. The van der Waals surface area contributed by atoms with Crippen LogP contribution < -0.4 is 5.32 Å². The first-order valence-electron chi connectivity index (χ1n) is 7.23. The van der Waals surface area contributed by atoms with Gasteiger partial charge in [0.1, 0.15) is 5.71 Å². The van der Waals surface area contributed by atoms with Crippen molar-refractivity contribution in [1.29, 1.82) is 0 Å². The number of carbonyl (C=O) groups is 1. The number of amides is 2. The Morgan fingerprint density at radius 1 is 1.32 bits per heavy atom. The van der Waals surface area contributed by atoms with Crippen molar-refractivity contribution in [3.05, 3.63) is 30.3 Å². The zero-order valence-corrected chi connectivity index (χ0v) is 14.1. The summed E-state index contributed by atoms with van der Waals surface area (Å²) in [6, 6.07) is 9.01. The van der Waals surface area contributed by atoms with Gasteiger partial charge in [-0.15, -0.1) is 11.6 Å². The molecule has 2 rings (SSSR count). The Balaban J connectivity index is 2.35. The van der Waals surface area contributed by atoms with Crippen LogP contribution in [0.2, 0.25) is 0 Å². The van der Waals surface area contributed by atoms with Crippen molar-refractivity contribution < 1.29 is 10.0 Å². The molecule has 1 aliphatic rings. The molecule has 2 amide bonds. The van der Waals surface area contributed by atoms with E-state index in [9.17, 15) is 10.0 Å². The highest BCUT2D eigenvalue weighted by Crippen LogP contribution is 2.39. The van der Waals surface area contributed by atoms with Crippen LogP contribution in [-0.2, 0) is 0 Å². The number of rotatable bonds is 1. The van der Waals surface area contributed by atoms with Crippen LogP contribution in [0.5, 0.6) is 0 Å². The molecule has 1 saturated heterocycles. The molecule has 0 aromatic heterocycles. The Hall–Kier alpha value is -1.75. The average Bonchev–Trinajstić information content (AvgIpc) is 2.37. The zero-order chi connectivity index (χ0) is 16.5. The summed E-state index contributed by atoms with van der Waals surface area (Å²) in [5.41, 5.74) is -0.142. The summed E-state index contributed by atoms with van der Waals surface area (Å²) >= 11 is 6.33. The molecule has 1 aliphatic heterocycles. The van der Waals surface area contributed by atoms with E-state index in [1.165, 1.54) is 0 Å². The topological polar surface area (TPSA) is 64.9 Å². The maximum Gasteiger partial charge on any atom is 0.323 e. The number of carbonyl (C=O) groups excluding carboxylic acids is 1. The van der Waals surface area contributed by atoms with Crippen LogP contribution in [0.4, 0.5) is 10.5 Å². The molecular formula is C16H22ClN3O2. The number of benzene rings is 1. The highest BCUT2D eigenvalue weighted by atomic mass is 35.5. The largest absolute Gasteiger partial charge is 0.411 e. The summed E-state index contributed by atoms with van der Waals surface area (Å²) in [4.78, 5) is 14.5. The van der Waals surface area contributed by atoms with Gasteiger partial charge in [0, 0.05) is 11.2 Å². The first kappa shape index (κ1) is 16.6. The molecule has 1 unspecified atom stereocenters. The van der Waals surface area contributed by atoms with Gasteiger partial charge < -0.3 is 15.4 Å². The minimum absolute atomic E-state index is 0.245. The van der Waals surface area contributed by atoms with Gasteiger partial charge >= 0.3 is 6.03 Å². The predicted octanol–water partition coefficient (Wildman–Crippen LogP) is 3.92. The maximum atomic E-state index is 12.8. The van der Waals surface area contributed by atoms with Crippen LogP contribution in [0.1, 0.15) is 34.1 Å². The van der Waals surface area contributed by atoms with Gasteiger partial charge in [-0.3, -0.25) is 0 Å². The number of anilines is 1. The minimum Gasteiger partial charge on any atom is -0.411 e. The first-order chi connectivity index (χ1) is 10.2. The van der Waals surface area contributed by atoms with Crippen LogP contribution in [0.15, 0.2) is 35.5 Å². The summed E-state index contributed by atoms with van der Waals surface area (Å²) in [5.74, 6) is 0. The number of alkyl halides is 1. The fourth-order valence-electron chi connectivity index (χ4n) is 3.30. The number of para-hydroxylation sites is 1. The van der Waals surface area contributed by atoms with Crippen LogP contribution >= 0.6 is 11.6 Å². The smallest absolute Gasteiger partial charge is 0.323 e. The molecule has 0 saturated carbocycles. The van der Waals surface area contributed by atoms with E-state index in [-0.39, 0.29) is 6.03 Å². The van der Waals surface area contributed by atoms with Crippen LogP contribution in [0.3, 0.4) is 0 Å². The first-order valence-corrected chi connectivity index (χ1v) is 7.66. The molecule has 1 atom stereocenters. The Morgan fingerprint density at radius 2 is 1.91 bits per heavy atom. The van der Waals surface area contributed by atoms with Crippen molar-refractivity contribution in [2.75, 3.05) is 5.32 Å². The summed E-state index contributed by atoms with van der Waals surface area (Å²) in [5, 5.41) is 15.1. The average molecular weight is 324 g/mol. The van der Waals surface area contributed by atoms with E-state index in [0.29, 0.717) is 12.1 Å². The molecule has 0 radical (unpaired) electrons. The number of nitrogens with zero attached hydrogens (tertiary/aromatic N) is 2. The maximum absolute atomic E-state index is 12.8. The quantitative estimate of drug-likeness (QED) is 0.467. The van der Waals surface area contributed by atoms with E-state index in [1.54, 1.807) is 4.90 Å². The monoisotopic (exact) mass is 323 g/mol. The number of oxime groups is 1. The number of likely N-dealkylation sites (tertiary alicyclic amines) is 1. The molecular weight excluding hydrogens is 302 g/mol. The second kappa shape index (κ2) is 5.80. The lowest BCUT2D eigenvalue weighted by Gasteiger charge is -2.53. The van der Waals surface area contributed by atoms with Crippen molar-refractivity contribution in [1.82, 2.24) is 4.90 Å². The SMILES string of the molecule is CC1(C)CC(Cl)C(=NO)C(C)(C)N1C(=O)Nc1ccccc1. The van der Waals surface area contributed by atoms with E-state index >= 15 is 0 Å². The molecule has 2 N–H and O–H groups in total. The van der Waals surface area contributed by atoms with E-state index in [0.717, 1.165) is 5.69 Å². The van der Waals surface area contributed by atoms with Gasteiger partial charge in [-0.05, 0) is 46.2 Å². The van der Waals surface area contributed by atoms with Crippen molar-refractivity contribution in [3.8, 4) is 0 Å². The van der Waals surface area contributed by atoms with Gasteiger partial charge in [0.05, 0.1) is 10.9 Å². The second-order valence-electron chi connectivity index (χ2n) is 6.66. The van der Waals surface area contributed by atoms with E-state index in [1.807, 2.05) is 58.0 Å². The van der Waals surface area contributed by atoms with E-state index in [2.05, 4.69) is 10.5 Å². The second-order valence-corrected chi connectivity index (χ2v) is 7.19. The molecule has 0 aliphatic carbocycles. The molecule has 0 bridgehead atoms. The van der Waals surface area contributed by atoms with Gasteiger partial charge in [-0.2, -0.15) is 0 Å². The van der Waals surface area contributed by atoms with Crippen molar-refractivity contribution in [3.63, 3.8) is 0 Å². The molecule has 0 spiro atoms. The van der Waals surface area contributed by atoms with E-state index in [4.69, 9.17) is 11.6 Å². The molecule has 22 heavy (non-hydrogen) atoms. The molecule has 1 fully saturated rings. The molecule has 1 aromatic rings. The number of nitrogens with one attached hydrogen (secondary N) is 1. The van der Waals surface area contributed by atoms with Crippen LogP contribution in [0, 0.1) is 0 Å². The summed E-state index contributed by atoms with van der Waals surface area (Å²) in [7, 11) is 0. The molecule has 5 nitrogen and oxygen atoms in total. The highest BCUT2D eigenvalue weighted by molar-refractivity contribution is 6.34. The number of urea groups is 1. The third-order valence-electron chi connectivity index (χ3n) is 4.10. The lowest BCUT2D eigenvalue weighted by atomic mass is 9.78. The highest BCUT2D eigenvalue weighted by Gasteiger charge is 2.52. The lowest BCUT2D eigenvalue weighted by molar-refractivity contribution is 0.0743. The Bertz CT molecular complexity index is 584. The lowest BCUT2D eigenvalue weighted by Crippen LogP contribution is -2.68. The molecule has 1 heterocycles. The van der Waals surface area contributed by atoms with Gasteiger partial charge in [-0.1, -0.05) is 23.4 Å². The zero-order valence-electron chi connectivity index (χ0n) is 13.3. The Kier molecular flexibility index (Phi) is 4.38. The third-order valence-corrected chi connectivity index (χ3v) is 4.46. The normalized spacial score (nSPS) is 25.0. The number of hydrogen-bond acceptors (Lipinski definition) is 3. The predicted molar refractivity (Wildman–Crippen MR) is 88.9 cm³/mol.